The van der Waals surface area contributed by atoms with E-state index >= 15 is 0 Å². The Labute approximate surface area is 169 Å². The number of carbonyl (C=O) groups is 1. The van der Waals surface area contributed by atoms with E-state index in [4.69, 9.17) is 9.47 Å². The standard InChI is InChI=1S/C21H25FN4O3/c1-15(28-18-7-5-16(22)6-8-18)21(27)26-11-9-25(10-12-26)19-13-20(24-14-23-19)29-17-3-2-4-17/h5-8,13-15,17H,2-4,9-12H2,1H3/t15-/m1/s1. The fraction of sp³-hybridized carbons (Fsp3) is 0.476. The summed E-state index contributed by atoms with van der Waals surface area (Å²) in [5.41, 5.74) is 0. The van der Waals surface area contributed by atoms with Crippen LogP contribution in [0.25, 0.3) is 0 Å². The lowest BCUT2D eigenvalue weighted by molar-refractivity contribution is -0.138. The number of rotatable bonds is 6. The average Bonchev–Trinajstić information content (AvgIpc) is 2.72. The van der Waals surface area contributed by atoms with Gasteiger partial charge in [-0.25, -0.2) is 14.4 Å². The molecule has 29 heavy (non-hydrogen) atoms. The number of aromatic nitrogens is 2. The molecule has 1 aromatic heterocycles. The Morgan fingerprint density at radius 1 is 1.14 bits per heavy atom. The van der Waals surface area contributed by atoms with Crippen LogP contribution in [0.15, 0.2) is 36.7 Å². The van der Waals surface area contributed by atoms with Gasteiger partial charge in [0, 0.05) is 32.2 Å². The number of benzene rings is 1. The highest BCUT2D eigenvalue weighted by atomic mass is 19.1. The molecule has 1 saturated heterocycles. The summed E-state index contributed by atoms with van der Waals surface area (Å²) in [6, 6.07) is 7.55. The van der Waals surface area contributed by atoms with E-state index in [9.17, 15) is 9.18 Å². The van der Waals surface area contributed by atoms with Crippen LogP contribution in [-0.2, 0) is 4.79 Å². The van der Waals surface area contributed by atoms with Crippen LogP contribution in [0.1, 0.15) is 26.2 Å². The zero-order valence-electron chi connectivity index (χ0n) is 16.5. The molecule has 1 saturated carbocycles. The Hall–Kier alpha value is -2.90. The fourth-order valence-electron chi connectivity index (χ4n) is 3.41. The van der Waals surface area contributed by atoms with Gasteiger partial charge in [-0.1, -0.05) is 0 Å². The molecule has 1 amide bonds. The van der Waals surface area contributed by atoms with E-state index in [1.807, 2.05) is 6.07 Å². The van der Waals surface area contributed by atoms with Gasteiger partial charge in [0.15, 0.2) is 6.10 Å². The molecule has 154 valence electrons. The molecule has 0 bridgehead atoms. The first-order valence-corrected chi connectivity index (χ1v) is 10.0. The number of halogens is 1. The van der Waals surface area contributed by atoms with E-state index in [0.717, 1.165) is 18.7 Å². The van der Waals surface area contributed by atoms with Crippen molar-refractivity contribution in [1.29, 1.82) is 0 Å². The smallest absolute Gasteiger partial charge is 0.263 e. The Balaban J connectivity index is 1.30. The minimum absolute atomic E-state index is 0.0781. The van der Waals surface area contributed by atoms with Gasteiger partial charge < -0.3 is 19.3 Å². The zero-order valence-corrected chi connectivity index (χ0v) is 16.5. The molecule has 0 N–H and O–H groups in total. The summed E-state index contributed by atoms with van der Waals surface area (Å²) in [6.07, 6.45) is 4.54. The molecule has 0 unspecified atom stereocenters. The molecule has 1 aliphatic carbocycles. The first-order valence-electron chi connectivity index (χ1n) is 10.0. The summed E-state index contributed by atoms with van der Waals surface area (Å²) in [5, 5.41) is 0. The van der Waals surface area contributed by atoms with Crippen molar-refractivity contribution in [2.24, 2.45) is 0 Å². The largest absolute Gasteiger partial charge is 0.481 e. The normalized spacial score (nSPS) is 18.1. The molecule has 8 heteroatoms. The highest BCUT2D eigenvalue weighted by Gasteiger charge is 2.27. The Morgan fingerprint density at radius 2 is 1.86 bits per heavy atom. The average molecular weight is 400 g/mol. The van der Waals surface area contributed by atoms with Crippen molar-refractivity contribution < 1.29 is 18.7 Å². The molecule has 2 fully saturated rings. The number of nitrogens with zero attached hydrogens (tertiary/aromatic N) is 4. The summed E-state index contributed by atoms with van der Waals surface area (Å²) in [5.74, 6) is 1.49. The van der Waals surface area contributed by atoms with E-state index in [1.54, 1.807) is 11.8 Å². The minimum Gasteiger partial charge on any atom is -0.481 e. The van der Waals surface area contributed by atoms with Gasteiger partial charge in [0.25, 0.3) is 5.91 Å². The summed E-state index contributed by atoms with van der Waals surface area (Å²) in [7, 11) is 0. The SMILES string of the molecule is C[C@@H](Oc1ccc(F)cc1)C(=O)N1CCN(c2cc(OC3CCC3)ncn2)CC1. The van der Waals surface area contributed by atoms with Crippen LogP contribution in [-0.4, -0.2) is 59.2 Å². The summed E-state index contributed by atoms with van der Waals surface area (Å²) >= 11 is 0. The molecule has 1 aliphatic heterocycles. The molecule has 0 radical (unpaired) electrons. The Kier molecular flexibility index (Phi) is 5.78. The summed E-state index contributed by atoms with van der Waals surface area (Å²) in [4.78, 5) is 25.2. The van der Waals surface area contributed by atoms with Crippen molar-refractivity contribution in [2.45, 2.75) is 38.4 Å². The topological polar surface area (TPSA) is 67.8 Å². The van der Waals surface area contributed by atoms with Gasteiger partial charge in [-0.05, 0) is 50.5 Å². The van der Waals surface area contributed by atoms with Crippen molar-refractivity contribution in [1.82, 2.24) is 14.9 Å². The molecule has 1 atom stereocenters. The number of hydrogen-bond donors (Lipinski definition) is 0. The van der Waals surface area contributed by atoms with Gasteiger partial charge >= 0.3 is 0 Å². The van der Waals surface area contributed by atoms with E-state index in [1.165, 1.54) is 37.0 Å². The third kappa shape index (κ3) is 4.75. The third-order valence-corrected chi connectivity index (χ3v) is 5.36. The van der Waals surface area contributed by atoms with Crippen LogP contribution in [0.5, 0.6) is 11.6 Å². The molecular weight excluding hydrogens is 375 g/mol. The minimum atomic E-state index is -0.631. The molecule has 0 spiro atoms. The molecule has 4 rings (SSSR count). The summed E-state index contributed by atoms with van der Waals surface area (Å²) < 4.78 is 24.5. The molecule has 7 nitrogen and oxygen atoms in total. The number of carbonyl (C=O) groups excluding carboxylic acids is 1. The second kappa shape index (κ2) is 8.63. The van der Waals surface area contributed by atoms with Crippen molar-refractivity contribution in [3.8, 4) is 11.6 Å². The first-order chi connectivity index (χ1) is 14.1. The fourth-order valence-corrected chi connectivity index (χ4v) is 3.41. The second-order valence-electron chi connectivity index (χ2n) is 7.41. The number of amides is 1. The third-order valence-electron chi connectivity index (χ3n) is 5.36. The van der Waals surface area contributed by atoms with Crippen molar-refractivity contribution >= 4 is 11.7 Å². The highest BCUT2D eigenvalue weighted by molar-refractivity contribution is 5.81. The molecular formula is C21H25FN4O3. The van der Waals surface area contributed by atoms with Gasteiger partial charge in [0.1, 0.15) is 29.8 Å². The van der Waals surface area contributed by atoms with Crippen LogP contribution in [0, 0.1) is 5.82 Å². The van der Waals surface area contributed by atoms with E-state index in [2.05, 4.69) is 14.9 Å². The van der Waals surface area contributed by atoms with Gasteiger partial charge in [-0.2, -0.15) is 0 Å². The predicted molar refractivity (Wildman–Crippen MR) is 106 cm³/mol. The van der Waals surface area contributed by atoms with Crippen LogP contribution >= 0.6 is 0 Å². The lowest BCUT2D eigenvalue weighted by Gasteiger charge is -2.36. The lowest BCUT2D eigenvalue weighted by atomic mass is 9.96. The number of piperazine rings is 1. The van der Waals surface area contributed by atoms with Crippen molar-refractivity contribution in [2.75, 3.05) is 31.1 Å². The maximum Gasteiger partial charge on any atom is 0.263 e. The van der Waals surface area contributed by atoms with Crippen molar-refractivity contribution in [3.63, 3.8) is 0 Å². The van der Waals surface area contributed by atoms with E-state index in [0.29, 0.717) is 37.8 Å². The highest BCUT2D eigenvalue weighted by Crippen LogP contribution is 2.25. The van der Waals surface area contributed by atoms with Gasteiger partial charge in [-0.15, -0.1) is 0 Å². The first kappa shape index (κ1) is 19.4. The second-order valence-corrected chi connectivity index (χ2v) is 7.41. The Morgan fingerprint density at radius 3 is 2.52 bits per heavy atom. The lowest BCUT2D eigenvalue weighted by Crippen LogP contribution is -2.52. The van der Waals surface area contributed by atoms with E-state index in [-0.39, 0.29) is 17.8 Å². The number of anilines is 1. The van der Waals surface area contributed by atoms with Crippen LogP contribution in [0.3, 0.4) is 0 Å². The zero-order chi connectivity index (χ0) is 20.2. The monoisotopic (exact) mass is 400 g/mol. The van der Waals surface area contributed by atoms with Gasteiger partial charge in [-0.3, -0.25) is 4.79 Å². The van der Waals surface area contributed by atoms with Gasteiger partial charge in [0.2, 0.25) is 5.88 Å². The number of ether oxygens (including phenoxy) is 2. The summed E-state index contributed by atoms with van der Waals surface area (Å²) in [6.45, 7) is 4.23. The van der Waals surface area contributed by atoms with Crippen LogP contribution in [0.4, 0.5) is 10.2 Å². The van der Waals surface area contributed by atoms with Crippen molar-refractivity contribution in [3.05, 3.63) is 42.5 Å². The Bertz CT molecular complexity index is 836. The molecule has 1 aromatic carbocycles. The quantitative estimate of drug-likeness (QED) is 0.743. The predicted octanol–water partition coefficient (Wildman–Crippen LogP) is 2.66. The van der Waals surface area contributed by atoms with Crippen LogP contribution in [0.2, 0.25) is 0 Å². The molecule has 2 aliphatic rings. The molecule has 2 heterocycles. The maximum atomic E-state index is 13.0. The van der Waals surface area contributed by atoms with E-state index < -0.39 is 6.10 Å². The number of hydrogen-bond acceptors (Lipinski definition) is 6. The van der Waals surface area contributed by atoms with Crippen LogP contribution < -0.4 is 14.4 Å². The molecule has 2 aromatic rings. The van der Waals surface area contributed by atoms with Gasteiger partial charge in [0.05, 0.1) is 0 Å². The maximum absolute atomic E-state index is 13.0.